The number of methoxy groups -OCH3 is 1. The van der Waals surface area contributed by atoms with Crippen molar-refractivity contribution in [2.24, 2.45) is 0 Å². The zero-order chi connectivity index (χ0) is 18.1. The van der Waals surface area contributed by atoms with E-state index in [1.807, 2.05) is 6.07 Å². The standard InChI is InChI=1S/C16H16IN3O5/c1-25-12-3-2-10(17)8-11(12)18-7-6-15(23)20(16(18)24)9-19-13(21)4-5-14(19)22/h2-3,8H,4-7,9H2,1H3. The molecule has 3 rings (SSSR count). The van der Waals surface area contributed by atoms with Crippen molar-refractivity contribution in [2.75, 3.05) is 25.2 Å². The molecule has 2 heterocycles. The SMILES string of the molecule is COc1ccc(I)cc1N1CCC(=O)N(CN2C(=O)CCC2=O)C1=O. The highest BCUT2D eigenvalue weighted by atomic mass is 127. The Bertz CT molecular complexity index is 750. The van der Waals surface area contributed by atoms with Gasteiger partial charge in [-0.05, 0) is 40.8 Å². The lowest BCUT2D eigenvalue weighted by molar-refractivity contribution is -0.142. The molecule has 0 unspecified atom stereocenters. The molecule has 5 amide bonds. The molecule has 2 fully saturated rings. The molecule has 8 nitrogen and oxygen atoms in total. The molecule has 0 bridgehead atoms. The van der Waals surface area contributed by atoms with Crippen LogP contribution in [0, 0.1) is 3.57 Å². The molecule has 0 radical (unpaired) electrons. The average Bonchev–Trinajstić information content (AvgIpc) is 2.90. The van der Waals surface area contributed by atoms with Crippen molar-refractivity contribution in [1.82, 2.24) is 9.80 Å². The number of hydrogen-bond acceptors (Lipinski definition) is 5. The van der Waals surface area contributed by atoms with Crippen LogP contribution in [0.1, 0.15) is 19.3 Å². The van der Waals surface area contributed by atoms with Gasteiger partial charge in [-0.3, -0.25) is 24.2 Å². The third-order valence-electron chi connectivity index (χ3n) is 4.18. The van der Waals surface area contributed by atoms with Crippen LogP contribution in [0.15, 0.2) is 18.2 Å². The molecule has 25 heavy (non-hydrogen) atoms. The van der Waals surface area contributed by atoms with Crippen LogP contribution in [0.5, 0.6) is 5.75 Å². The van der Waals surface area contributed by atoms with Crippen LogP contribution in [0.25, 0.3) is 0 Å². The lowest BCUT2D eigenvalue weighted by Crippen LogP contribution is -2.56. The molecule has 0 spiro atoms. The predicted octanol–water partition coefficient (Wildman–Crippen LogP) is 1.56. The smallest absolute Gasteiger partial charge is 0.332 e. The number of hydrogen-bond donors (Lipinski definition) is 0. The van der Waals surface area contributed by atoms with Gasteiger partial charge in [0.25, 0.3) is 0 Å². The summed E-state index contributed by atoms with van der Waals surface area (Å²) in [6, 6.07) is 4.82. The Morgan fingerprint density at radius 1 is 1.00 bits per heavy atom. The molecule has 2 saturated heterocycles. The van der Waals surface area contributed by atoms with Gasteiger partial charge >= 0.3 is 6.03 Å². The second-order valence-corrected chi connectivity index (χ2v) is 6.92. The predicted molar refractivity (Wildman–Crippen MR) is 95.9 cm³/mol. The summed E-state index contributed by atoms with van der Waals surface area (Å²) in [5.41, 5.74) is 0.552. The fourth-order valence-corrected chi connectivity index (χ4v) is 3.32. The van der Waals surface area contributed by atoms with Crippen molar-refractivity contribution in [2.45, 2.75) is 19.3 Å². The second kappa shape index (κ2) is 6.98. The van der Waals surface area contributed by atoms with E-state index in [1.54, 1.807) is 12.1 Å². The molecule has 0 N–H and O–H groups in total. The number of halogens is 1. The molecule has 132 valence electrons. The minimum absolute atomic E-state index is 0.108. The van der Waals surface area contributed by atoms with E-state index in [0.717, 1.165) is 13.4 Å². The number of anilines is 1. The second-order valence-electron chi connectivity index (χ2n) is 5.68. The minimum Gasteiger partial charge on any atom is -0.495 e. The minimum atomic E-state index is -0.566. The number of urea groups is 1. The van der Waals surface area contributed by atoms with E-state index in [9.17, 15) is 19.2 Å². The Hall–Kier alpha value is -2.17. The number of carbonyl (C=O) groups is 4. The molecule has 0 aliphatic carbocycles. The van der Waals surface area contributed by atoms with E-state index in [4.69, 9.17) is 4.74 Å². The summed E-state index contributed by atoms with van der Waals surface area (Å²) in [5.74, 6) is -0.626. The third kappa shape index (κ3) is 3.32. The topological polar surface area (TPSA) is 87.2 Å². The van der Waals surface area contributed by atoms with Crippen LogP contribution in [-0.4, -0.2) is 53.9 Å². The Balaban J connectivity index is 1.88. The maximum absolute atomic E-state index is 12.8. The molecule has 0 aromatic heterocycles. The van der Waals surface area contributed by atoms with Crippen molar-refractivity contribution in [3.05, 3.63) is 21.8 Å². The van der Waals surface area contributed by atoms with Crippen LogP contribution in [0.3, 0.4) is 0 Å². The molecular formula is C16H16IN3O5. The fourth-order valence-electron chi connectivity index (χ4n) is 2.85. The van der Waals surface area contributed by atoms with Gasteiger partial charge in [0.15, 0.2) is 0 Å². The third-order valence-corrected chi connectivity index (χ3v) is 4.85. The number of likely N-dealkylation sites (tertiary alicyclic amines) is 1. The van der Waals surface area contributed by atoms with Crippen molar-refractivity contribution >= 4 is 52.0 Å². The number of rotatable bonds is 4. The Labute approximate surface area is 157 Å². The largest absolute Gasteiger partial charge is 0.495 e. The quantitative estimate of drug-likeness (QED) is 0.506. The monoisotopic (exact) mass is 457 g/mol. The number of carbonyl (C=O) groups excluding carboxylic acids is 4. The lowest BCUT2D eigenvalue weighted by atomic mass is 10.2. The summed E-state index contributed by atoms with van der Waals surface area (Å²) >= 11 is 2.12. The Morgan fingerprint density at radius 2 is 1.64 bits per heavy atom. The van der Waals surface area contributed by atoms with Gasteiger partial charge < -0.3 is 4.74 Å². The zero-order valence-corrected chi connectivity index (χ0v) is 15.7. The van der Waals surface area contributed by atoms with Gasteiger partial charge in [-0.1, -0.05) is 0 Å². The number of ether oxygens (including phenoxy) is 1. The first kappa shape index (κ1) is 17.6. The lowest BCUT2D eigenvalue weighted by Gasteiger charge is -2.36. The van der Waals surface area contributed by atoms with Crippen molar-refractivity contribution < 1.29 is 23.9 Å². The first-order valence-corrected chi connectivity index (χ1v) is 8.79. The van der Waals surface area contributed by atoms with Crippen LogP contribution < -0.4 is 9.64 Å². The summed E-state index contributed by atoms with van der Waals surface area (Å²) in [5, 5.41) is 0. The summed E-state index contributed by atoms with van der Waals surface area (Å²) < 4.78 is 6.22. The summed E-state index contributed by atoms with van der Waals surface area (Å²) in [4.78, 5) is 52.0. The van der Waals surface area contributed by atoms with Crippen LogP contribution in [0.2, 0.25) is 0 Å². The highest BCUT2D eigenvalue weighted by Gasteiger charge is 2.38. The van der Waals surface area contributed by atoms with Crippen LogP contribution in [0.4, 0.5) is 10.5 Å². The highest BCUT2D eigenvalue weighted by Crippen LogP contribution is 2.32. The molecule has 1 aromatic rings. The average molecular weight is 457 g/mol. The van der Waals surface area contributed by atoms with Crippen LogP contribution in [-0.2, 0) is 14.4 Å². The normalized spacial score (nSPS) is 18.4. The van der Waals surface area contributed by atoms with Crippen molar-refractivity contribution in [1.29, 1.82) is 0 Å². The van der Waals surface area contributed by atoms with E-state index < -0.39 is 11.9 Å². The van der Waals surface area contributed by atoms with Gasteiger partial charge in [-0.2, -0.15) is 0 Å². The van der Waals surface area contributed by atoms with Gasteiger partial charge in [-0.15, -0.1) is 0 Å². The summed E-state index contributed by atoms with van der Waals surface area (Å²) in [6.07, 6.45) is 0.337. The molecule has 0 saturated carbocycles. The molecule has 1 aromatic carbocycles. The molecule has 2 aliphatic heterocycles. The molecule has 0 atom stereocenters. The number of imide groups is 2. The molecule has 2 aliphatic rings. The zero-order valence-electron chi connectivity index (χ0n) is 13.5. The van der Waals surface area contributed by atoms with Crippen molar-refractivity contribution in [3.63, 3.8) is 0 Å². The van der Waals surface area contributed by atoms with Gasteiger partial charge in [0.2, 0.25) is 17.7 Å². The number of benzene rings is 1. The van der Waals surface area contributed by atoms with E-state index in [2.05, 4.69) is 22.6 Å². The maximum atomic E-state index is 12.8. The van der Waals surface area contributed by atoms with Gasteiger partial charge in [0, 0.05) is 29.4 Å². The highest BCUT2D eigenvalue weighted by molar-refractivity contribution is 14.1. The van der Waals surface area contributed by atoms with Gasteiger partial charge in [-0.25, -0.2) is 9.69 Å². The Kier molecular flexibility index (Phi) is 4.93. The number of nitrogens with zero attached hydrogens (tertiary/aromatic N) is 3. The summed E-state index contributed by atoms with van der Waals surface area (Å²) in [7, 11) is 1.50. The summed E-state index contributed by atoms with van der Waals surface area (Å²) in [6.45, 7) is -0.120. The van der Waals surface area contributed by atoms with E-state index >= 15 is 0 Å². The Morgan fingerprint density at radius 3 is 2.28 bits per heavy atom. The van der Waals surface area contributed by atoms with Crippen molar-refractivity contribution in [3.8, 4) is 5.75 Å². The first-order chi connectivity index (χ1) is 11.9. The van der Waals surface area contributed by atoms with Gasteiger partial charge in [0.1, 0.15) is 12.4 Å². The first-order valence-electron chi connectivity index (χ1n) is 7.71. The van der Waals surface area contributed by atoms with E-state index in [0.29, 0.717) is 11.4 Å². The van der Waals surface area contributed by atoms with Gasteiger partial charge in [0.05, 0.1) is 12.8 Å². The number of amides is 5. The van der Waals surface area contributed by atoms with E-state index in [-0.39, 0.29) is 44.3 Å². The fraction of sp³-hybridized carbons (Fsp3) is 0.375. The maximum Gasteiger partial charge on any atom is 0.332 e. The van der Waals surface area contributed by atoms with Crippen LogP contribution >= 0.6 is 22.6 Å². The molecule has 9 heteroatoms. The molecular weight excluding hydrogens is 441 g/mol. The van der Waals surface area contributed by atoms with E-state index in [1.165, 1.54) is 12.0 Å².